The molecule has 0 aromatic heterocycles. The van der Waals surface area contributed by atoms with Crippen molar-refractivity contribution in [2.75, 3.05) is 19.6 Å². The molecule has 1 fully saturated rings. The number of aliphatic carboxylic acids is 1. The largest absolute Gasteiger partial charge is 0.481 e. The second-order valence-corrected chi connectivity index (χ2v) is 6.86. The van der Waals surface area contributed by atoms with Gasteiger partial charge in [0.2, 0.25) is 0 Å². The van der Waals surface area contributed by atoms with Crippen LogP contribution in [0.2, 0.25) is 0 Å². The van der Waals surface area contributed by atoms with Crippen molar-refractivity contribution < 1.29 is 14.7 Å². The van der Waals surface area contributed by atoms with Gasteiger partial charge in [-0.3, -0.25) is 4.79 Å². The highest BCUT2D eigenvalue weighted by atomic mass is 16.4. The maximum atomic E-state index is 12.1. The molecule has 2 atom stereocenters. The van der Waals surface area contributed by atoms with Crippen molar-refractivity contribution in [1.82, 2.24) is 10.2 Å². The third-order valence-corrected chi connectivity index (χ3v) is 4.28. The molecule has 1 heterocycles. The van der Waals surface area contributed by atoms with Crippen LogP contribution in [-0.4, -0.2) is 41.6 Å². The van der Waals surface area contributed by atoms with Crippen molar-refractivity contribution in [2.24, 2.45) is 17.3 Å². The number of carboxylic acids is 1. The van der Waals surface area contributed by atoms with E-state index >= 15 is 0 Å². The molecule has 5 nitrogen and oxygen atoms in total. The van der Waals surface area contributed by atoms with E-state index in [9.17, 15) is 9.59 Å². The quantitative estimate of drug-likeness (QED) is 0.815. The summed E-state index contributed by atoms with van der Waals surface area (Å²) in [6.45, 7) is 10.6. The molecule has 0 spiro atoms. The molecule has 2 N–H and O–H groups in total. The van der Waals surface area contributed by atoms with Gasteiger partial charge in [0.1, 0.15) is 0 Å². The summed E-state index contributed by atoms with van der Waals surface area (Å²) < 4.78 is 0. The fraction of sp³-hybridized carbons (Fsp3) is 0.867. The molecular weight excluding hydrogens is 256 g/mol. The van der Waals surface area contributed by atoms with Crippen molar-refractivity contribution >= 4 is 12.0 Å². The minimum absolute atomic E-state index is 0.0115. The Balaban J connectivity index is 2.39. The normalized spacial score (nSPS) is 20.8. The lowest BCUT2D eigenvalue weighted by molar-refractivity contribution is -0.138. The van der Waals surface area contributed by atoms with E-state index in [1.807, 2.05) is 11.8 Å². The third kappa shape index (κ3) is 5.02. The van der Waals surface area contributed by atoms with Gasteiger partial charge in [0.25, 0.3) is 0 Å². The highest BCUT2D eigenvalue weighted by Gasteiger charge is 2.33. The van der Waals surface area contributed by atoms with Gasteiger partial charge in [-0.1, -0.05) is 34.1 Å². The molecule has 0 aliphatic carbocycles. The van der Waals surface area contributed by atoms with Crippen LogP contribution in [0.3, 0.4) is 0 Å². The van der Waals surface area contributed by atoms with Crippen LogP contribution >= 0.6 is 0 Å². The molecule has 2 unspecified atom stereocenters. The predicted octanol–water partition coefficient (Wildman–Crippen LogP) is 2.56. The van der Waals surface area contributed by atoms with E-state index in [1.54, 1.807) is 0 Å². The highest BCUT2D eigenvalue weighted by molar-refractivity contribution is 5.74. The van der Waals surface area contributed by atoms with E-state index in [0.29, 0.717) is 12.5 Å². The fourth-order valence-corrected chi connectivity index (χ4v) is 2.60. The molecule has 20 heavy (non-hydrogen) atoms. The molecule has 0 saturated carbocycles. The van der Waals surface area contributed by atoms with Crippen molar-refractivity contribution in [3.8, 4) is 0 Å². The number of carbonyl (C=O) groups is 2. The van der Waals surface area contributed by atoms with E-state index in [-0.39, 0.29) is 23.8 Å². The Bertz CT molecular complexity index is 350. The number of amides is 2. The first kappa shape index (κ1) is 16.8. The van der Waals surface area contributed by atoms with Crippen molar-refractivity contribution in [3.63, 3.8) is 0 Å². The number of urea groups is 1. The molecule has 0 aromatic rings. The number of nitrogens with one attached hydrogen (secondary N) is 1. The molecule has 1 aliphatic heterocycles. The molecule has 1 saturated heterocycles. The van der Waals surface area contributed by atoms with Crippen LogP contribution < -0.4 is 5.32 Å². The van der Waals surface area contributed by atoms with E-state index in [1.165, 1.54) is 0 Å². The van der Waals surface area contributed by atoms with E-state index < -0.39 is 5.97 Å². The first-order valence-corrected chi connectivity index (χ1v) is 7.48. The standard InChI is InChI=1S/C15H28N2O3/c1-5-11(8-13(18)19)9-16-14(20)17-7-6-12(10-17)15(2,3)4/h11-12H,5-10H2,1-4H3,(H,16,20)(H,18,19). The molecule has 0 radical (unpaired) electrons. The summed E-state index contributed by atoms with van der Waals surface area (Å²) in [4.78, 5) is 24.6. The van der Waals surface area contributed by atoms with E-state index in [4.69, 9.17) is 5.11 Å². The summed E-state index contributed by atoms with van der Waals surface area (Å²) in [6, 6.07) is -0.0550. The topological polar surface area (TPSA) is 69.6 Å². The van der Waals surface area contributed by atoms with Gasteiger partial charge in [0, 0.05) is 26.1 Å². The maximum Gasteiger partial charge on any atom is 0.317 e. The van der Waals surface area contributed by atoms with Crippen molar-refractivity contribution in [2.45, 2.75) is 47.0 Å². The summed E-state index contributed by atoms with van der Waals surface area (Å²) in [5.74, 6) is -0.258. The number of carbonyl (C=O) groups excluding carboxylic acids is 1. The molecule has 1 rings (SSSR count). The number of rotatable bonds is 5. The predicted molar refractivity (Wildman–Crippen MR) is 78.6 cm³/mol. The lowest BCUT2D eigenvalue weighted by atomic mass is 9.80. The number of hydrogen-bond donors (Lipinski definition) is 2. The molecular formula is C15H28N2O3. The van der Waals surface area contributed by atoms with Gasteiger partial charge in [-0.05, 0) is 23.7 Å². The minimum atomic E-state index is -0.805. The summed E-state index contributed by atoms with van der Waals surface area (Å²) in [6.07, 6.45) is 1.92. The summed E-state index contributed by atoms with van der Waals surface area (Å²) in [7, 11) is 0. The first-order chi connectivity index (χ1) is 9.24. The van der Waals surface area contributed by atoms with Crippen LogP contribution in [0.25, 0.3) is 0 Å². The van der Waals surface area contributed by atoms with Crippen LogP contribution in [0.1, 0.15) is 47.0 Å². The Morgan fingerprint density at radius 3 is 2.50 bits per heavy atom. The van der Waals surface area contributed by atoms with Crippen LogP contribution in [0.5, 0.6) is 0 Å². The third-order valence-electron chi connectivity index (χ3n) is 4.28. The fourth-order valence-electron chi connectivity index (χ4n) is 2.60. The average Bonchev–Trinajstić information content (AvgIpc) is 2.82. The summed E-state index contributed by atoms with van der Waals surface area (Å²) in [5.41, 5.74) is 0.226. The Hall–Kier alpha value is -1.26. The van der Waals surface area contributed by atoms with Gasteiger partial charge in [0.15, 0.2) is 0 Å². The van der Waals surface area contributed by atoms with Crippen molar-refractivity contribution in [1.29, 1.82) is 0 Å². The lowest BCUT2D eigenvalue weighted by Crippen LogP contribution is -2.41. The van der Waals surface area contributed by atoms with Crippen LogP contribution in [0, 0.1) is 17.3 Å². The van der Waals surface area contributed by atoms with E-state index in [0.717, 1.165) is 25.9 Å². The number of likely N-dealkylation sites (tertiary alicyclic amines) is 1. The van der Waals surface area contributed by atoms with Crippen molar-refractivity contribution in [3.05, 3.63) is 0 Å². The van der Waals surface area contributed by atoms with Gasteiger partial charge in [-0.25, -0.2) is 4.79 Å². The first-order valence-electron chi connectivity index (χ1n) is 7.48. The SMILES string of the molecule is CCC(CNC(=O)N1CCC(C(C)(C)C)C1)CC(=O)O. The minimum Gasteiger partial charge on any atom is -0.481 e. The summed E-state index contributed by atoms with van der Waals surface area (Å²) in [5, 5.41) is 11.7. The monoisotopic (exact) mass is 284 g/mol. The molecule has 2 amide bonds. The van der Waals surface area contributed by atoms with Gasteiger partial charge >= 0.3 is 12.0 Å². The molecule has 1 aliphatic rings. The van der Waals surface area contributed by atoms with Gasteiger partial charge in [-0.2, -0.15) is 0 Å². The maximum absolute atomic E-state index is 12.1. The Kier molecular flexibility index (Phi) is 5.84. The second kappa shape index (κ2) is 6.95. The van der Waals surface area contributed by atoms with Crippen LogP contribution in [0.15, 0.2) is 0 Å². The highest BCUT2D eigenvalue weighted by Crippen LogP contribution is 2.33. The molecule has 5 heteroatoms. The number of carboxylic acid groups (broad SMARTS) is 1. The van der Waals surface area contributed by atoms with Gasteiger partial charge in [-0.15, -0.1) is 0 Å². The Morgan fingerprint density at radius 1 is 1.40 bits per heavy atom. The van der Waals surface area contributed by atoms with Crippen LogP contribution in [-0.2, 0) is 4.79 Å². The molecule has 0 aromatic carbocycles. The molecule has 116 valence electrons. The van der Waals surface area contributed by atoms with Gasteiger partial charge < -0.3 is 15.3 Å². The zero-order valence-electron chi connectivity index (χ0n) is 13.1. The molecule has 0 bridgehead atoms. The second-order valence-electron chi connectivity index (χ2n) is 6.86. The Morgan fingerprint density at radius 2 is 2.05 bits per heavy atom. The smallest absolute Gasteiger partial charge is 0.317 e. The Labute approximate surface area is 121 Å². The average molecular weight is 284 g/mol. The zero-order chi connectivity index (χ0) is 15.3. The number of nitrogens with zero attached hydrogens (tertiary/aromatic N) is 1. The lowest BCUT2D eigenvalue weighted by Gasteiger charge is -2.27. The number of hydrogen-bond acceptors (Lipinski definition) is 2. The van der Waals surface area contributed by atoms with Gasteiger partial charge in [0.05, 0.1) is 0 Å². The van der Waals surface area contributed by atoms with E-state index in [2.05, 4.69) is 26.1 Å². The zero-order valence-corrected chi connectivity index (χ0v) is 13.1. The summed E-state index contributed by atoms with van der Waals surface area (Å²) >= 11 is 0. The van der Waals surface area contributed by atoms with Crippen LogP contribution in [0.4, 0.5) is 4.79 Å².